The molecule has 32 heavy (non-hydrogen) atoms. The molecule has 0 spiro atoms. The Balaban J connectivity index is 1.60. The standard InChI is InChI=1S/C24H27N3O5/c1-15-11-22(27-7-9-32-10-8-27)26-19-6-5-17(14-18(15)19)25-24(28)16-12-20(29-2)23(31-4)21(13-16)30-3/h5-6,11-14H,7-10H2,1-4H3,(H,25,28). The second-order valence-electron chi connectivity index (χ2n) is 7.50. The van der Waals surface area contributed by atoms with Gasteiger partial charge in [0, 0.05) is 29.7 Å². The Morgan fingerprint density at radius 2 is 1.69 bits per heavy atom. The van der Waals surface area contributed by atoms with Crippen LogP contribution in [-0.4, -0.2) is 58.5 Å². The number of morpholine rings is 1. The normalized spacial score (nSPS) is 13.7. The topological polar surface area (TPSA) is 82.2 Å². The zero-order valence-corrected chi connectivity index (χ0v) is 18.7. The summed E-state index contributed by atoms with van der Waals surface area (Å²) in [5.74, 6) is 1.96. The summed E-state index contributed by atoms with van der Waals surface area (Å²) in [7, 11) is 4.56. The molecule has 1 saturated heterocycles. The number of nitrogens with zero attached hydrogens (tertiary/aromatic N) is 2. The molecule has 1 fully saturated rings. The van der Waals surface area contributed by atoms with Crippen molar-refractivity contribution < 1.29 is 23.7 Å². The summed E-state index contributed by atoms with van der Waals surface area (Å²) in [6, 6.07) is 11.1. The number of methoxy groups -OCH3 is 3. The van der Waals surface area contributed by atoms with Gasteiger partial charge in [0.15, 0.2) is 11.5 Å². The number of nitrogens with one attached hydrogen (secondary N) is 1. The highest BCUT2D eigenvalue weighted by Gasteiger charge is 2.18. The van der Waals surface area contributed by atoms with Gasteiger partial charge >= 0.3 is 0 Å². The van der Waals surface area contributed by atoms with Crippen LogP contribution < -0.4 is 24.4 Å². The summed E-state index contributed by atoms with van der Waals surface area (Å²) >= 11 is 0. The zero-order chi connectivity index (χ0) is 22.7. The van der Waals surface area contributed by atoms with E-state index >= 15 is 0 Å². The van der Waals surface area contributed by atoms with Crippen LogP contribution in [-0.2, 0) is 4.74 Å². The Hall–Kier alpha value is -3.52. The maximum Gasteiger partial charge on any atom is 0.255 e. The van der Waals surface area contributed by atoms with Crippen molar-refractivity contribution in [1.29, 1.82) is 0 Å². The summed E-state index contributed by atoms with van der Waals surface area (Å²) < 4.78 is 21.5. The first-order valence-corrected chi connectivity index (χ1v) is 10.4. The van der Waals surface area contributed by atoms with Crippen LogP contribution in [0.5, 0.6) is 17.2 Å². The van der Waals surface area contributed by atoms with Crippen molar-refractivity contribution in [3.8, 4) is 17.2 Å². The van der Waals surface area contributed by atoms with Crippen LogP contribution in [0.3, 0.4) is 0 Å². The molecule has 2 heterocycles. The third kappa shape index (κ3) is 4.27. The predicted molar refractivity (Wildman–Crippen MR) is 124 cm³/mol. The maximum atomic E-state index is 12.9. The first-order chi connectivity index (χ1) is 15.5. The molecule has 8 heteroatoms. The largest absolute Gasteiger partial charge is 0.493 e. The number of amides is 1. The van der Waals surface area contributed by atoms with E-state index in [0.717, 1.165) is 35.4 Å². The number of carbonyl (C=O) groups is 1. The molecule has 3 aromatic rings. The first-order valence-electron chi connectivity index (χ1n) is 10.4. The van der Waals surface area contributed by atoms with E-state index in [0.29, 0.717) is 41.7 Å². The Morgan fingerprint density at radius 3 is 2.31 bits per heavy atom. The van der Waals surface area contributed by atoms with Crippen molar-refractivity contribution in [1.82, 2.24) is 4.98 Å². The van der Waals surface area contributed by atoms with Gasteiger partial charge in [-0.15, -0.1) is 0 Å². The zero-order valence-electron chi connectivity index (χ0n) is 18.7. The molecule has 0 aliphatic carbocycles. The molecular weight excluding hydrogens is 410 g/mol. The molecule has 0 radical (unpaired) electrons. The molecule has 2 aromatic carbocycles. The number of fused-ring (bicyclic) bond motifs is 1. The predicted octanol–water partition coefficient (Wildman–Crippen LogP) is 3.66. The highest BCUT2D eigenvalue weighted by atomic mass is 16.5. The lowest BCUT2D eigenvalue weighted by molar-refractivity contribution is 0.102. The fraction of sp³-hybridized carbons (Fsp3) is 0.333. The van der Waals surface area contributed by atoms with E-state index in [-0.39, 0.29) is 5.91 Å². The van der Waals surface area contributed by atoms with E-state index in [1.165, 1.54) is 21.3 Å². The third-order valence-corrected chi connectivity index (χ3v) is 5.52. The molecule has 168 valence electrons. The minimum atomic E-state index is -0.279. The second kappa shape index (κ2) is 9.32. The van der Waals surface area contributed by atoms with Crippen LogP contribution in [0.25, 0.3) is 10.9 Å². The molecule has 0 saturated carbocycles. The lowest BCUT2D eigenvalue weighted by Gasteiger charge is -2.28. The van der Waals surface area contributed by atoms with E-state index < -0.39 is 0 Å². The number of aromatic nitrogens is 1. The average Bonchev–Trinajstić information content (AvgIpc) is 2.83. The van der Waals surface area contributed by atoms with Crippen molar-refractivity contribution in [3.05, 3.63) is 47.5 Å². The van der Waals surface area contributed by atoms with Gasteiger partial charge in [-0.25, -0.2) is 4.98 Å². The van der Waals surface area contributed by atoms with Crippen molar-refractivity contribution in [2.75, 3.05) is 57.8 Å². The first kappa shape index (κ1) is 21.7. The number of ether oxygens (including phenoxy) is 4. The quantitative estimate of drug-likeness (QED) is 0.630. The smallest absolute Gasteiger partial charge is 0.255 e. The van der Waals surface area contributed by atoms with E-state index in [1.54, 1.807) is 12.1 Å². The van der Waals surface area contributed by atoms with Gasteiger partial charge in [0.25, 0.3) is 5.91 Å². The molecule has 1 aromatic heterocycles. The summed E-state index contributed by atoms with van der Waals surface area (Å²) in [6.45, 7) is 5.15. The highest BCUT2D eigenvalue weighted by molar-refractivity contribution is 6.06. The van der Waals surface area contributed by atoms with Crippen molar-refractivity contribution in [2.45, 2.75) is 6.92 Å². The molecule has 1 aliphatic rings. The minimum Gasteiger partial charge on any atom is -0.493 e. The van der Waals surface area contributed by atoms with Crippen LogP contribution in [0.1, 0.15) is 15.9 Å². The van der Waals surface area contributed by atoms with Gasteiger partial charge in [-0.05, 0) is 48.9 Å². The SMILES string of the molecule is COc1cc(C(=O)Nc2ccc3nc(N4CCOCC4)cc(C)c3c2)cc(OC)c1OC. The fourth-order valence-electron chi connectivity index (χ4n) is 3.82. The average molecular weight is 437 g/mol. The van der Waals surface area contributed by atoms with E-state index in [2.05, 4.69) is 23.2 Å². The van der Waals surface area contributed by atoms with Crippen molar-refractivity contribution >= 4 is 28.3 Å². The number of rotatable bonds is 6. The second-order valence-corrected chi connectivity index (χ2v) is 7.50. The van der Waals surface area contributed by atoms with Crippen LogP contribution in [0.15, 0.2) is 36.4 Å². The van der Waals surface area contributed by atoms with Crippen LogP contribution in [0, 0.1) is 6.92 Å². The van der Waals surface area contributed by atoms with Crippen LogP contribution in [0.2, 0.25) is 0 Å². The van der Waals surface area contributed by atoms with Gasteiger partial charge in [-0.2, -0.15) is 0 Å². The van der Waals surface area contributed by atoms with E-state index in [1.807, 2.05) is 18.2 Å². The number of anilines is 2. The molecule has 4 rings (SSSR count). The van der Waals surface area contributed by atoms with Gasteiger partial charge in [-0.3, -0.25) is 4.79 Å². The van der Waals surface area contributed by atoms with Crippen molar-refractivity contribution in [3.63, 3.8) is 0 Å². The van der Waals surface area contributed by atoms with Crippen LogP contribution in [0.4, 0.5) is 11.5 Å². The molecule has 0 atom stereocenters. The number of aryl methyl sites for hydroxylation is 1. The van der Waals surface area contributed by atoms with Gasteiger partial charge in [0.05, 0.1) is 40.1 Å². The van der Waals surface area contributed by atoms with Gasteiger partial charge in [0.2, 0.25) is 5.75 Å². The molecule has 0 unspecified atom stereocenters. The van der Waals surface area contributed by atoms with Gasteiger partial charge in [-0.1, -0.05) is 0 Å². The van der Waals surface area contributed by atoms with Crippen LogP contribution >= 0.6 is 0 Å². The number of pyridine rings is 1. The highest BCUT2D eigenvalue weighted by Crippen LogP contribution is 2.38. The maximum absolute atomic E-state index is 12.9. The van der Waals surface area contributed by atoms with E-state index in [9.17, 15) is 4.79 Å². The summed E-state index contributed by atoms with van der Waals surface area (Å²) in [6.07, 6.45) is 0. The minimum absolute atomic E-state index is 0.279. The lowest BCUT2D eigenvalue weighted by atomic mass is 10.1. The Bertz CT molecular complexity index is 1120. The monoisotopic (exact) mass is 437 g/mol. The number of benzene rings is 2. The Labute approximate surface area is 187 Å². The summed E-state index contributed by atoms with van der Waals surface area (Å²) in [5.41, 5.74) is 3.06. The summed E-state index contributed by atoms with van der Waals surface area (Å²) in [5, 5.41) is 3.94. The molecule has 8 nitrogen and oxygen atoms in total. The molecule has 1 aliphatic heterocycles. The molecule has 1 N–H and O–H groups in total. The Kier molecular flexibility index (Phi) is 6.32. The number of hydrogen-bond donors (Lipinski definition) is 1. The molecular formula is C24H27N3O5. The summed E-state index contributed by atoms with van der Waals surface area (Å²) in [4.78, 5) is 20.0. The van der Waals surface area contributed by atoms with Crippen molar-refractivity contribution in [2.24, 2.45) is 0 Å². The molecule has 0 bridgehead atoms. The number of carbonyl (C=O) groups excluding carboxylic acids is 1. The van der Waals surface area contributed by atoms with E-state index in [4.69, 9.17) is 23.9 Å². The number of hydrogen-bond acceptors (Lipinski definition) is 7. The Morgan fingerprint density at radius 1 is 1.00 bits per heavy atom. The van der Waals surface area contributed by atoms with Gasteiger partial charge in [0.1, 0.15) is 5.82 Å². The van der Waals surface area contributed by atoms with Gasteiger partial charge < -0.3 is 29.2 Å². The molecule has 1 amide bonds. The third-order valence-electron chi connectivity index (χ3n) is 5.52. The lowest BCUT2D eigenvalue weighted by Crippen LogP contribution is -2.36. The fourth-order valence-corrected chi connectivity index (χ4v) is 3.82.